The van der Waals surface area contributed by atoms with E-state index < -0.39 is 24.1 Å². The molecule has 35 heavy (non-hydrogen) atoms. The number of carbonyl (C=O) groups is 3. The fraction of sp³-hybridized carbons (Fsp3) is 0.269. The second-order valence-corrected chi connectivity index (χ2v) is 8.05. The molecule has 0 saturated carbocycles. The maximum absolute atomic E-state index is 12.4. The molecule has 0 aliphatic heterocycles. The molecule has 0 saturated heterocycles. The Balaban J connectivity index is 1.23. The zero-order valence-electron chi connectivity index (χ0n) is 19.2. The minimum atomic E-state index is -1.18. The van der Waals surface area contributed by atoms with Crippen molar-refractivity contribution in [3.8, 4) is 11.1 Å². The topological polar surface area (TPSA) is 127 Å². The molecule has 1 aliphatic rings. The highest BCUT2D eigenvalue weighted by atomic mass is 16.5. The van der Waals surface area contributed by atoms with Crippen LogP contribution in [-0.2, 0) is 20.8 Å². The first-order valence-corrected chi connectivity index (χ1v) is 11.2. The molecule has 0 radical (unpaired) electrons. The standard InChI is InChI=1S/C26H26N2O7/c1-33-22(24(29)28-14-16-10-11-23(35-16)25(30)31)12-13-27-26(32)34-15-21-19-8-4-2-6-17(19)18-7-3-5-9-20(18)21/h2-11,21-22H,12-15H2,1H3,(H,27,32)(H,28,29)(H,30,31). The summed E-state index contributed by atoms with van der Waals surface area (Å²) in [6.45, 7) is 0.397. The van der Waals surface area contributed by atoms with Gasteiger partial charge in [-0.1, -0.05) is 48.5 Å². The molecule has 1 aromatic heterocycles. The van der Waals surface area contributed by atoms with Gasteiger partial charge in [-0.15, -0.1) is 0 Å². The first kappa shape index (κ1) is 24.0. The predicted molar refractivity (Wildman–Crippen MR) is 126 cm³/mol. The van der Waals surface area contributed by atoms with Crippen molar-refractivity contribution in [2.75, 3.05) is 20.3 Å². The molecule has 2 aromatic carbocycles. The molecule has 9 nitrogen and oxygen atoms in total. The number of furan rings is 1. The number of aromatic carboxylic acids is 1. The summed E-state index contributed by atoms with van der Waals surface area (Å²) in [6.07, 6.45) is -1.15. The van der Waals surface area contributed by atoms with Crippen LogP contribution in [0.4, 0.5) is 4.79 Å². The molecule has 2 amide bonds. The van der Waals surface area contributed by atoms with Crippen molar-refractivity contribution in [3.63, 3.8) is 0 Å². The largest absolute Gasteiger partial charge is 0.475 e. The molecule has 3 aromatic rings. The van der Waals surface area contributed by atoms with Crippen LogP contribution in [0.3, 0.4) is 0 Å². The van der Waals surface area contributed by atoms with E-state index in [1.54, 1.807) is 0 Å². The van der Waals surface area contributed by atoms with Crippen LogP contribution in [0.1, 0.15) is 39.8 Å². The van der Waals surface area contributed by atoms with E-state index in [1.807, 2.05) is 36.4 Å². The molecule has 3 N–H and O–H groups in total. The predicted octanol–water partition coefficient (Wildman–Crippen LogP) is 3.54. The van der Waals surface area contributed by atoms with Crippen LogP contribution in [0.2, 0.25) is 0 Å². The van der Waals surface area contributed by atoms with Crippen molar-refractivity contribution in [1.29, 1.82) is 0 Å². The van der Waals surface area contributed by atoms with E-state index in [4.69, 9.17) is 19.0 Å². The molecule has 1 aliphatic carbocycles. The molecule has 0 fully saturated rings. The van der Waals surface area contributed by atoms with E-state index in [1.165, 1.54) is 19.2 Å². The second kappa shape index (κ2) is 10.9. The van der Waals surface area contributed by atoms with Crippen molar-refractivity contribution in [1.82, 2.24) is 10.6 Å². The van der Waals surface area contributed by atoms with Gasteiger partial charge < -0.3 is 29.6 Å². The van der Waals surface area contributed by atoms with Crippen molar-refractivity contribution in [3.05, 3.63) is 83.3 Å². The Morgan fingerprint density at radius 3 is 2.23 bits per heavy atom. The van der Waals surface area contributed by atoms with Crippen LogP contribution < -0.4 is 10.6 Å². The number of nitrogens with one attached hydrogen (secondary N) is 2. The van der Waals surface area contributed by atoms with E-state index in [0.717, 1.165) is 22.3 Å². The lowest BCUT2D eigenvalue weighted by Gasteiger charge is -2.16. The number of alkyl carbamates (subject to hydrolysis) is 1. The number of carboxylic acids is 1. The molecule has 1 atom stereocenters. The van der Waals surface area contributed by atoms with Gasteiger partial charge >= 0.3 is 12.1 Å². The van der Waals surface area contributed by atoms with Gasteiger partial charge in [-0.2, -0.15) is 0 Å². The first-order chi connectivity index (χ1) is 17.0. The maximum atomic E-state index is 12.4. The van der Waals surface area contributed by atoms with Gasteiger partial charge in [0.05, 0.1) is 6.54 Å². The SMILES string of the molecule is COC(CCNC(=O)OCC1c2ccccc2-c2ccccc21)C(=O)NCc1ccc(C(=O)O)o1. The number of rotatable bonds is 10. The summed E-state index contributed by atoms with van der Waals surface area (Å²) in [5.41, 5.74) is 4.56. The highest BCUT2D eigenvalue weighted by Crippen LogP contribution is 2.44. The molecular weight excluding hydrogens is 452 g/mol. The van der Waals surface area contributed by atoms with Crippen LogP contribution in [-0.4, -0.2) is 49.4 Å². The van der Waals surface area contributed by atoms with E-state index in [-0.39, 0.29) is 37.8 Å². The number of carboxylic acid groups (broad SMARTS) is 1. The zero-order valence-corrected chi connectivity index (χ0v) is 19.2. The summed E-state index contributed by atoms with van der Waals surface area (Å²) >= 11 is 0. The minimum absolute atomic E-state index is 0.0196. The first-order valence-electron chi connectivity index (χ1n) is 11.2. The van der Waals surface area contributed by atoms with Crippen LogP contribution in [0.5, 0.6) is 0 Å². The quantitative estimate of drug-likeness (QED) is 0.407. The molecule has 4 rings (SSSR count). The van der Waals surface area contributed by atoms with Crippen molar-refractivity contribution >= 4 is 18.0 Å². The Morgan fingerprint density at radius 1 is 0.971 bits per heavy atom. The number of amides is 2. The van der Waals surface area contributed by atoms with Crippen LogP contribution >= 0.6 is 0 Å². The summed E-state index contributed by atoms with van der Waals surface area (Å²) in [7, 11) is 1.40. The highest BCUT2D eigenvalue weighted by Gasteiger charge is 2.29. The fourth-order valence-corrected chi connectivity index (χ4v) is 4.19. The number of methoxy groups -OCH3 is 1. The third-order valence-electron chi connectivity index (χ3n) is 5.91. The summed E-state index contributed by atoms with van der Waals surface area (Å²) in [5, 5.41) is 14.2. The summed E-state index contributed by atoms with van der Waals surface area (Å²) in [5.74, 6) is -1.52. The lowest BCUT2D eigenvalue weighted by atomic mass is 9.98. The molecule has 182 valence electrons. The van der Waals surface area contributed by atoms with Gasteiger partial charge in [0, 0.05) is 26.0 Å². The van der Waals surface area contributed by atoms with E-state index in [0.29, 0.717) is 5.76 Å². The Bertz CT molecular complexity index is 1170. The number of hydrogen-bond donors (Lipinski definition) is 3. The van der Waals surface area contributed by atoms with Crippen molar-refractivity contribution in [2.24, 2.45) is 0 Å². The zero-order chi connectivity index (χ0) is 24.8. The minimum Gasteiger partial charge on any atom is -0.475 e. The van der Waals surface area contributed by atoms with Gasteiger partial charge in [0.1, 0.15) is 18.5 Å². The van der Waals surface area contributed by atoms with Crippen molar-refractivity contribution < 1.29 is 33.4 Å². The molecule has 9 heteroatoms. The van der Waals surface area contributed by atoms with Gasteiger partial charge in [0.25, 0.3) is 0 Å². The van der Waals surface area contributed by atoms with Crippen LogP contribution in [0.25, 0.3) is 11.1 Å². The Hall–Kier alpha value is -4.11. The maximum Gasteiger partial charge on any atom is 0.407 e. The lowest BCUT2D eigenvalue weighted by Crippen LogP contribution is -2.38. The molecule has 0 spiro atoms. The number of hydrogen-bond acceptors (Lipinski definition) is 6. The van der Waals surface area contributed by atoms with Gasteiger partial charge in [-0.25, -0.2) is 9.59 Å². The molecule has 1 unspecified atom stereocenters. The van der Waals surface area contributed by atoms with Gasteiger partial charge in [-0.05, 0) is 34.4 Å². The second-order valence-electron chi connectivity index (χ2n) is 8.05. The number of carbonyl (C=O) groups excluding carboxylic acids is 2. The highest BCUT2D eigenvalue weighted by molar-refractivity contribution is 5.84. The molecular formula is C26H26N2O7. The number of ether oxygens (including phenoxy) is 2. The Labute approximate surface area is 202 Å². The van der Waals surface area contributed by atoms with Gasteiger partial charge in [0.15, 0.2) is 0 Å². The van der Waals surface area contributed by atoms with Gasteiger partial charge in [-0.3, -0.25) is 4.79 Å². The molecule has 0 bridgehead atoms. The van der Waals surface area contributed by atoms with Crippen LogP contribution in [0, 0.1) is 0 Å². The third kappa shape index (κ3) is 5.52. The fourth-order valence-electron chi connectivity index (χ4n) is 4.19. The third-order valence-corrected chi connectivity index (χ3v) is 5.91. The van der Waals surface area contributed by atoms with Crippen LogP contribution in [0.15, 0.2) is 65.1 Å². The lowest BCUT2D eigenvalue weighted by molar-refractivity contribution is -0.131. The summed E-state index contributed by atoms with van der Waals surface area (Å²) in [6, 6.07) is 19.0. The average Bonchev–Trinajstić information content (AvgIpc) is 3.47. The van der Waals surface area contributed by atoms with Crippen molar-refractivity contribution in [2.45, 2.75) is 25.0 Å². The average molecular weight is 479 g/mol. The number of fused-ring (bicyclic) bond motifs is 3. The van der Waals surface area contributed by atoms with E-state index >= 15 is 0 Å². The smallest absolute Gasteiger partial charge is 0.407 e. The summed E-state index contributed by atoms with van der Waals surface area (Å²) < 4.78 is 15.8. The normalized spacial score (nSPS) is 12.9. The number of benzene rings is 2. The van der Waals surface area contributed by atoms with Gasteiger partial charge in [0.2, 0.25) is 11.7 Å². The Kier molecular flexibility index (Phi) is 7.47. The van der Waals surface area contributed by atoms with E-state index in [9.17, 15) is 14.4 Å². The monoisotopic (exact) mass is 478 g/mol. The Morgan fingerprint density at radius 2 is 1.63 bits per heavy atom. The summed E-state index contributed by atoms with van der Waals surface area (Å²) in [4.78, 5) is 35.5. The molecule has 1 heterocycles. The van der Waals surface area contributed by atoms with E-state index in [2.05, 4.69) is 22.8 Å².